The average Bonchev–Trinajstić information content (AvgIpc) is 2.33. The Kier molecular flexibility index (Phi) is 3.92. The van der Waals surface area contributed by atoms with Crippen LogP contribution in [0.1, 0.15) is 31.4 Å². The number of halogens is 3. The molecule has 0 bridgehead atoms. The molecule has 3 atom stereocenters. The number of nitrogens with one attached hydrogen (secondary N) is 1. The molecule has 2 N–H and O–H groups in total. The maximum atomic E-state index is 13.5. The summed E-state index contributed by atoms with van der Waals surface area (Å²) in [5.41, 5.74) is -0.194. The van der Waals surface area contributed by atoms with Crippen LogP contribution in [0.25, 0.3) is 0 Å². The van der Waals surface area contributed by atoms with E-state index in [9.17, 15) is 18.3 Å². The zero-order valence-electron chi connectivity index (χ0n) is 10.1. The highest BCUT2D eigenvalue weighted by Crippen LogP contribution is 2.28. The Balaban J connectivity index is 2.22. The summed E-state index contributed by atoms with van der Waals surface area (Å²) in [6.45, 7) is 2.77. The number of aliphatic hydroxyl groups is 1. The van der Waals surface area contributed by atoms with Crippen molar-refractivity contribution in [2.75, 3.05) is 6.54 Å². The largest absolute Gasteiger partial charge is 0.387 e. The van der Waals surface area contributed by atoms with Crippen molar-refractivity contribution in [1.29, 1.82) is 0 Å². The van der Waals surface area contributed by atoms with Gasteiger partial charge in [0.1, 0.15) is 5.82 Å². The summed E-state index contributed by atoms with van der Waals surface area (Å²) in [6, 6.07) is 0.879. The quantitative estimate of drug-likeness (QED) is 0.800. The van der Waals surface area contributed by atoms with Crippen molar-refractivity contribution in [2.24, 2.45) is 5.92 Å². The molecule has 1 heterocycles. The van der Waals surface area contributed by atoms with E-state index < -0.39 is 23.6 Å². The van der Waals surface area contributed by atoms with Crippen LogP contribution >= 0.6 is 0 Å². The van der Waals surface area contributed by atoms with E-state index >= 15 is 0 Å². The molecule has 0 saturated carbocycles. The highest BCUT2D eigenvalue weighted by molar-refractivity contribution is 5.23. The molecule has 0 radical (unpaired) electrons. The molecule has 1 fully saturated rings. The fourth-order valence-electron chi connectivity index (χ4n) is 2.37. The molecule has 0 aliphatic carbocycles. The first-order valence-corrected chi connectivity index (χ1v) is 6.05. The fourth-order valence-corrected chi connectivity index (χ4v) is 2.37. The van der Waals surface area contributed by atoms with Gasteiger partial charge in [-0.1, -0.05) is 6.92 Å². The summed E-state index contributed by atoms with van der Waals surface area (Å²) in [4.78, 5) is 0. The first kappa shape index (κ1) is 13.4. The third kappa shape index (κ3) is 2.67. The SMILES string of the molecule is CC1CCNC(C(O)c2cc(F)c(F)cc2F)C1. The van der Waals surface area contributed by atoms with Crippen LogP contribution in [0.15, 0.2) is 12.1 Å². The first-order valence-electron chi connectivity index (χ1n) is 6.05. The number of hydrogen-bond acceptors (Lipinski definition) is 2. The Morgan fingerprint density at radius 3 is 2.56 bits per heavy atom. The second-order valence-corrected chi connectivity index (χ2v) is 4.92. The van der Waals surface area contributed by atoms with Gasteiger partial charge in [0.05, 0.1) is 6.10 Å². The van der Waals surface area contributed by atoms with E-state index in [0.717, 1.165) is 19.0 Å². The second-order valence-electron chi connectivity index (χ2n) is 4.92. The maximum Gasteiger partial charge on any atom is 0.161 e. The highest BCUT2D eigenvalue weighted by atomic mass is 19.2. The minimum Gasteiger partial charge on any atom is -0.387 e. The molecule has 1 aliphatic heterocycles. The van der Waals surface area contributed by atoms with Gasteiger partial charge in [0.25, 0.3) is 0 Å². The number of benzene rings is 1. The van der Waals surface area contributed by atoms with Crippen LogP contribution < -0.4 is 5.32 Å². The normalized spacial score (nSPS) is 26.1. The van der Waals surface area contributed by atoms with Gasteiger partial charge in [-0.2, -0.15) is 0 Å². The molecule has 100 valence electrons. The van der Waals surface area contributed by atoms with Crippen molar-refractivity contribution in [3.05, 3.63) is 35.1 Å². The number of aliphatic hydroxyl groups excluding tert-OH is 1. The van der Waals surface area contributed by atoms with Crippen molar-refractivity contribution in [3.63, 3.8) is 0 Å². The predicted octanol–water partition coefficient (Wildman–Crippen LogP) is 2.53. The van der Waals surface area contributed by atoms with Gasteiger partial charge in [-0.3, -0.25) is 0 Å². The van der Waals surface area contributed by atoms with Gasteiger partial charge in [0, 0.05) is 17.7 Å². The molecule has 2 rings (SSSR count). The topological polar surface area (TPSA) is 32.3 Å². The van der Waals surface area contributed by atoms with Gasteiger partial charge in [-0.05, 0) is 31.4 Å². The minimum atomic E-state index is -1.24. The van der Waals surface area contributed by atoms with Crippen molar-refractivity contribution >= 4 is 0 Å². The van der Waals surface area contributed by atoms with Crippen LogP contribution in [-0.4, -0.2) is 17.7 Å². The van der Waals surface area contributed by atoms with Gasteiger partial charge < -0.3 is 10.4 Å². The third-order valence-corrected chi connectivity index (χ3v) is 3.44. The molecular weight excluding hydrogens is 243 g/mol. The summed E-state index contributed by atoms with van der Waals surface area (Å²) in [7, 11) is 0. The third-order valence-electron chi connectivity index (χ3n) is 3.44. The number of piperidine rings is 1. The van der Waals surface area contributed by atoms with E-state index in [0.29, 0.717) is 18.4 Å². The summed E-state index contributed by atoms with van der Waals surface area (Å²) in [5, 5.41) is 13.1. The van der Waals surface area contributed by atoms with E-state index in [1.165, 1.54) is 0 Å². The van der Waals surface area contributed by atoms with Gasteiger partial charge in [0.2, 0.25) is 0 Å². The molecule has 0 aromatic heterocycles. The van der Waals surface area contributed by atoms with Gasteiger partial charge >= 0.3 is 0 Å². The average molecular weight is 259 g/mol. The lowest BCUT2D eigenvalue weighted by Gasteiger charge is -2.32. The smallest absolute Gasteiger partial charge is 0.161 e. The van der Waals surface area contributed by atoms with E-state index in [1.807, 2.05) is 6.92 Å². The Morgan fingerprint density at radius 2 is 1.89 bits per heavy atom. The number of hydrogen-bond donors (Lipinski definition) is 2. The van der Waals surface area contributed by atoms with Crippen molar-refractivity contribution in [2.45, 2.75) is 31.9 Å². The monoisotopic (exact) mass is 259 g/mol. The molecule has 1 aromatic rings. The van der Waals surface area contributed by atoms with Crippen LogP contribution in [0.3, 0.4) is 0 Å². The van der Waals surface area contributed by atoms with Gasteiger partial charge in [-0.25, -0.2) is 13.2 Å². The van der Waals surface area contributed by atoms with Gasteiger partial charge in [0.15, 0.2) is 11.6 Å². The predicted molar refractivity (Wildman–Crippen MR) is 61.5 cm³/mol. The molecule has 0 spiro atoms. The Bertz CT molecular complexity index is 438. The Labute approximate surface area is 104 Å². The molecule has 1 aromatic carbocycles. The number of rotatable bonds is 2. The van der Waals surface area contributed by atoms with Gasteiger partial charge in [-0.15, -0.1) is 0 Å². The van der Waals surface area contributed by atoms with Crippen molar-refractivity contribution < 1.29 is 18.3 Å². The molecule has 1 aliphatic rings. The molecule has 18 heavy (non-hydrogen) atoms. The zero-order valence-corrected chi connectivity index (χ0v) is 10.1. The van der Waals surface area contributed by atoms with Crippen LogP contribution in [-0.2, 0) is 0 Å². The minimum absolute atomic E-state index is 0.194. The molecule has 5 heteroatoms. The molecular formula is C13H16F3NO. The standard InChI is InChI=1S/C13H16F3NO/c1-7-2-3-17-12(4-7)13(18)8-5-10(15)11(16)6-9(8)14/h5-7,12-13,17-18H,2-4H2,1H3. The lowest BCUT2D eigenvalue weighted by atomic mass is 9.88. The van der Waals surface area contributed by atoms with Crippen LogP contribution in [0, 0.1) is 23.4 Å². The van der Waals surface area contributed by atoms with Crippen molar-refractivity contribution in [1.82, 2.24) is 5.32 Å². The Morgan fingerprint density at radius 1 is 1.22 bits per heavy atom. The zero-order chi connectivity index (χ0) is 13.3. The van der Waals surface area contributed by atoms with Crippen molar-refractivity contribution in [3.8, 4) is 0 Å². The summed E-state index contributed by atoms with van der Waals surface area (Å²) in [5.74, 6) is -2.89. The molecule has 3 unspecified atom stereocenters. The summed E-state index contributed by atoms with van der Waals surface area (Å²) in [6.07, 6.45) is 0.506. The lowest BCUT2D eigenvalue weighted by molar-refractivity contribution is 0.0977. The van der Waals surface area contributed by atoms with E-state index in [-0.39, 0.29) is 11.6 Å². The van der Waals surface area contributed by atoms with E-state index in [4.69, 9.17) is 0 Å². The van der Waals surface area contributed by atoms with Crippen LogP contribution in [0.2, 0.25) is 0 Å². The maximum absolute atomic E-state index is 13.5. The molecule has 1 saturated heterocycles. The summed E-state index contributed by atoms with van der Waals surface area (Å²) < 4.78 is 39.4. The first-order chi connectivity index (χ1) is 8.49. The fraction of sp³-hybridized carbons (Fsp3) is 0.538. The highest BCUT2D eigenvalue weighted by Gasteiger charge is 2.28. The van der Waals surface area contributed by atoms with Crippen LogP contribution in [0.5, 0.6) is 0 Å². The van der Waals surface area contributed by atoms with E-state index in [1.54, 1.807) is 0 Å². The Hall–Kier alpha value is -1.07. The lowest BCUT2D eigenvalue weighted by Crippen LogP contribution is -2.41. The van der Waals surface area contributed by atoms with E-state index in [2.05, 4.69) is 5.32 Å². The molecule has 0 amide bonds. The molecule has 2 nitrogen and oxygen atoms in total. The second kappa shape index (κ2) is 5.28. The van der Waals surface area contributed by atoms with Crippen LogP contribution in [0.4, 0.5) is 13.2 Å². The summed E-state index contributed by atoms with van der Waals surface area (Å²) >= 11 is 0.